The van der Waals surface area contributed by atoms with E-state index in [4.69, 9.17) is 4.74 Å². The van der Waals surface area contributed by atoms with Crippen LogP contribution in [0, 0.1) is 5.41 Å². The molecule has 1 spiro atoms. The van der Waals surface area contributed by atoms with Gasteiger partial charge in [0, 0.05) is 31.0 Å². The lowest BCUT2D eigenvalue weighted by atomic mass is 9.83. The molecule has 1 aliphatic carbocycles. The molecule has 2 heterocycles. The zero-order chi connectivity index (χ0) is 12.3. The van der Waals surface area contributed by atoms with Gasteiger partial charge in [-0.3, -0.25) is 9.69 Å². The summed E-state index contributed by atoms with van der Waals surface area (Å²) in [5.74, 6) is 0.503. The van der Waals surface area contributed by atoms with Crippen LogP contribution in [0.15, 0.2) is 0 Å². The van der Waals surface area contributed by atoms with E-state index in [0.717, 1.165) is 38.8 Å². The highest BCUT2D eigenvalue weighted by Gasteiger charge is 2.63. The van der Waals surface area contributed by atoms with Gasteiger partial charge in [0.2, 0.25) is 0 Å². The van der Waals surface area contributed by atoms with Gasteiger partial charge < -0.3 is 4.74 Å². The normalized spacial score (nSPS) is 36.3. The molecule has 3 fully saturated rings. The van der Waals surface area contributed by atoms with E-state index in [0.29, 0.717) is 11.8 Å². The number of hydrogen-bond donors (Lipinski definition) is 0. The number of Topliss-reactive ketones (excluding diaryl/α,β-unsaturated/α-hetero) is 1. The van der Waals surface area contributed by atoms with E-state index in [1.165, 1.54) is 0 Å². The van der Waals surface area contributed by atoms with Gasteiger partial charge >= 0.3 is 0 Å². The van der Waals surface area contributed by atoms with E-state index in [-0.39, 0.29) is 17.1 Å². The standard InChI is InChI=1S/C14H23NO2/c1-13(2,3)17-10-4-8-15-9-5-11(16)14(6-7-14)12(10)15/h10,12H,4-9H2,1-3H3/t10-,12-/m0/s1. The van der Waals surface area contributed by atoms with Crippen LogP contribution in [0.4, 0.5) is 0 Å². The molecule has 2 saturated heterocycles. The number of nitrogens with zero attached hydrogens (tertiary/aromatic N) is 1. The summed E-state index contributed by atoms with van der Waals surface area (Å²) >= 11 is 0. The monoisotopic (exact) mass is 237 g/mol. The summed E-state index contributed by atoms with van der Waals surface area (Å²) in [6.45, 7) is 8.40. The fourth-order valence-corrected chi connectivity index (χ4v) is 3.73. The van der Waals surface area contributed by atoms with Crippen LogP contribution < -0.4 is 0 Å². The summed E-state index contributed by atoms with van der Waals surface area (Å²) in [6.07, 6.45) is 4.31. The van der Waals surface area contributed by atoms with Crippen LogP contribution in [-0.4, -0.2) is 41.5 Å². The van der Waals surface area contributed by atoms with Crippen LogP contribution in [-0.2, 0) is 9.53 Å². The van der Waals surface area contributed by atoms with Crippen LogP contribution in [0.1, 0.15) is 46.5 Å². The molecule has 2 aliphatic heterocycles. The van der Waals surface area contributed by atoms with Gasteiger partial charge in [0.25, 0.3) is 0 Å². The lowest BCUT2D eigenvalue weighted by Gasteiger charge is -2.40. The van der Waals surface area contributed by atoms with E-state index in [9.17, 15) is 4.79 Å². The van der Waals surface area contributed by atoms with E-state index in [1.54, 1.807) is 0 Å². The Balaban J connectivity index is 1.82. The summed E-state index contributed by atoms with van der Waals surface area (Å²) in [4.78, 5) is 14.7. The fourth-order valence-electron chi connectivity index (χ4n) is 3.73. The highest BCUT2D eigenvalue weighted by atomic mass is 16.5. The van der Waals surface area contributed by atoms with Gasteiger partial charge in [-0.25, -0.2) is 0 Å². The maximum Gasteiger partial charge on any atom is 0.141 e. The molecule has 2 atom stereocenters. The third kappa shape index (κ3) is 1.84. The molecule has 0 aromatic carbocycles. The lowest BCUT2D eigenvalue weighted by Crippen LogP contribution is -2.52. The Bertz CT molecular complexity index is 341. The number of carbonyl (C=O) groups is 1. The van der Waals surface area contributed by atoms with E-state index in [1.807, 2.05) is 0 Å². The van der Waals surface area contributed by atoms with Crippen molar-refractivity contribution in [3.8, 4) is 0 Å². The molecule has 17 heavy (non-hydrogen) atoms. The minimum absolute atomic E-state index is 0.00926. The van der Waals surface area contributed by atoms with Crippen LogP contribution in [0.2, 0.25) is 0 Å². The Morgan fingerprint density at radius 2 is 2.00 bits per heavy atom. The minimum atomic E-state index is -0.0999. The number of ether oxygens (including phenoxy) is 1. The number of piperidine rings is 1. The van der Waals surface area contributed by atoms with Crippen molar-refractivity contribution in [3.05, 3.63) is 0 Å². The molecule has 0 unspecified atom stereocenters. The molecule has 0 aromatic heterocycles. The molecule has 3 aliphatic rings. The van der Waals surface area contributed by atoms with Crippen LogP contribution in [0.5, 0.6) is 0 Å². The van der Waals surface area contributed by atoms with Crippen LogP contribution >= 0.6 is 0 Å². The number of ketones is 1. The second-order valence-corrected chi connectivity index (χ2v) is 6.87. The molecule has 0 aromatic rings. The number of hydrogen-bond acceptors (Lipinski definition) is 3. The van der Waals surface area contributed by atoms with Crippen molar-refractivity contribution in [1.82, 2.24) is 4.90 Å². The van der Waals surface area contributed by atoms with Crippen molar-refractivity contribution in [3.63, 3.8) is 0 Å². The first kappa shape index (κ1) is 11.7. The van der Waals surface area contributed by atoms with Gasteiger partial charge in [0.05, 0.1) is 11.7 Å². The highest BCUT2D eigenvalue weighted by molar-refractivity contribution is 5.89. The van der Waals surface area contributed by atoms with Crippen molar-refractivity contribution < 1.29 is 9.53 Å². The van der Waals surface area contributed by atoms with Gasteiger partial charge in [-0.1, -0.05) is 0 Å². The van der Waals surface area contributed by atoms with Gasteiger partial charge in [0.1, 0.15) is 5.78 Å². The van der Waals surface area contributed by atoms with Crippen molar-refractivity contribution in [2.45, 2.75) is 64.2 Å². The third-order valence-corrected chi connectivity index (χ3v) is 4.49. The van der Waals surface area contributed by atoms with Crippen molar-refractivity contribution in [2.75, 3.05) is 13.1 Å². The highest BCUT2D eigenvalue weighted by Crippen LogP contribution is 2.57. The first-order valence-corrected chi connectivity index (χ1v) is 6.88. The van der Waals surface area contributed by atoms with E-state index in [2.05, 4.69) is 25.7 Å². The summed E-state index contributed by atoms with van der Waals surface area (Å²) in [5.41, 5.74) is -0.109. The van der Waals surface area contributed by atoms with Gasteiger partial charge in [-0.05, 0) is 40.0 Å². The lowest BCUT2D eigenvalue weighted by molar-refractivity contribution is -0.138. The smallest absolute Gasteiger partial charge is 0.141 e. The molecular formula is C14H23NO2. The maximum absolute atomic E-state index is 12.1. The zero-order valence-corrected chi connectivity index (χ0v) is 11.2. The zero-order valence-electron chi connectivity index (χ0n) is 11.2. The topological polar surface area (TPSA) is 29.5 Å². The second kappa shape index (κ2) is 3.55. The molecule has 0 radical (unpaired) electrons. The summed E-state index contributed by atoms with van der Waals surface area (Å²) in [5, 5.41) is 0. The molecule has 0 amide bonds. The van der Waals surface area contributed by atoms with Crippen molar-refractivity contribution in [2.24, 2.45) is 5.41 Å². The Labute approximate surface area is 104 Å². The molecule has 96 valence electrons. The summed E-state index contributed by atoms with van der Waals surface area (Å²) in [6, 6.07) is 0.378. The number of carbonyl (C=O) groups excluding carboxylic acids is 1. The van der Waals surface area contributed by atoms with Gasteiger partial charge in [-0.15, -0.1) is 0 Å². The van der Waals surface area contributed by atoms with Crippen LogP contribution in [0.3, 0.4) is 0 Å². The summed E-state index contributed by atoms with van der Waals surface area (Å²) < 4.78 is 6.20. The Hall–Kier alpha value is -0.410. The average Bonchev–Trinajstić information content (AvgIpc) is 2.90. The van der Waals surface area contributed by atoms with E-state index < -0.39 is 0 Å². The van der Waals surface area contributed by atoms with Crippen molar-refractivity contribution in [1.29, 1.82) is 0 Å². The number of rotatable bonds is 1. The Morgan fingerprint density at radius 1 is 1.29 bits per heavy atom. The number of fused-ring (bicyclic) bond motifs is 2. The first-order valence-electron chi connectivity index (χ1n) is 6.88. The molecule has 1 saturated carbocycles. The maximum atomic E-state index is 12.1. The minimum Gasteiger partial charge on any atom is -0.371 e. The quantitative estimate of drug-likeness (QED) is 0.698. The van der Waals surface area contributed by atoms with E-state index >= 15 is 0 Å². The SMILES string of the molecule is CC(C)(C)O[C@H]1CCN2CCC(=O)C3(CC3)[C@H]12. The predicted octanol–water partition coefficient (Wildman–Crippen LogP) is 2.00. The van der Waals surface area contributed by atoms with Crippen LogP contribution in [0.25, 0.3) is 0 Å². The van der Waals surface area contributed by atoms with Crippen molar-refractivity contribution >= 4 is 5.78 Å². The van der Waals surface area contributed by atoms with Gasteiger partial charge in [0.15, 0.2) is 0 Å². The fraction of sp³-hybridized carbons (Fsp3) is 0.929. The van der Waals surface area contributed by atoms with Gasteiger partial charge in [-0.2, -0.15) is 0 Å². The first-order chi connectivity index (χ1) is 7.92. The third-order valence-electron chi connectivity index (χ3n) is 4.49. The Kier molecular flexibility index (Phi) is 2.43. The molecule has 3 heteroatoms. The molecule has 3 nitrogen and oxygen atoms in total. The summed E-state index contributed by atoms with van der Waals surface area (Å²) in [7, 11) is 0. The Morgan fingerprint density at radius 3 is 2.59 bits per heavy atom. The average molecular weight is 237 g/mol. The molecule has 0 N–H and O–H groups in total. The molecule has 3 rings (SSSR count). The largest absolute Gasteiger partial charge is 0.371 e. The second-order valence-electron chi connectivity index (χ2n) is 6.87. The predicted molar refractivity (Wildman–Crippen MR) is 65.9 cm³/mol. The molecular weight excluding hydrogens is 214 g/mol. The molecule has 0 bridgehead atoms.